The number of likely N-dealkylation sites (tertiary alicyclic amines) is 1. The lowest BCUT2D eigenvalue weighted by Gasteiger charge is -2.23. The molecule has 3 rings (SSSR count). The van der Waals surface area contributed by atoms with Gasteiger partial charge < -0.3 is 10.1 Å². The summed E-state index contributed by atoms with van der Waals surface area (Å²) in [5.41, 5.74) is 2.08. The summed E-state index contributed by atoms with van der Waals surface area (Å²) in [4.78, 5) is 2.54. The van der Waals surface area contributed by atoms with E-state index in [-0.39, 0.29) is 5.82 Å². The van der Waals surface area contributed by atoms with Crippen LogP contribution in [0.3, 0.4) is 0 Å². The molecule has 2 aromatic carbocycles. The summed E-state index contributed by atoms with van der Waals surface area (Å²) in [5, 5.41) is 3.59. The third-order valence-electron chi connectivity index (χ3n) is 4.93. The minimum atomic E-state index is -0.227. The Morgan fingerprint density at radius 2 is 2.04 bits per heavy atom. The Bertz CT molecular complexity index is 708. The number of rotatable bonds is 8. The van der Waals surface area contributed by atoms with Gasteiger partial charge in [0.25, 0.3) is 0 Å². The molecule has 0 aliphatic carbocycles. The molecule has 0 amide bonds. The highest BCUT2D eigenvalue weighted by molar-refractivity contribution is 9.10. The second-order valence-corrected chi connectivity index (χ2v) is 7.64. The summed E-state index contributed by atoms with van der Waals surface area (Å²) < 4.78 is 20.1. The van der Waals surface area contributed by atoms with Crippen molar-refractivity contribution in [2.75, 3.05) is 19.6 Å². The Balaban J connectivity index is 1.57. The van der Waals surface area contributed by atoms with Crippen LogP contribution in [-0.2, 0) is 13.2 Å². The first-order valence-corrected chi connectivity index (χ1v) is 10.1. The van der Waals surface area contributed by atoms with Crippen molar-refractivity contribution >= 4 is 15.9 Å². The number of likely N-dealkylation sites (N-methyl/N-ethyl adjacent to an activating group) is 1. The van der Waals surface area contributed by atoms with Crippen molar-refractivity contribution in [2.45, 2.75) is 39.0 Å². The lowest BCUT2D eigenvalue weighted by Crippen LogP contribution is -2.37. The van der Waals surface area contributed by atoms with Gasteiger partial charge in [-0.05, 0) is 61.8 Å². The van der Waals surface area contributed by atoms with Crippen LogP contribution in [0.4, 0.5) is 4.39 Å². The molecular weight excluding hydrogens is 395 g/mol. The SMILES string of the molecule is CCN1CCC[C@@H]1CNCc1cc(Br)ccc1OCc1ccc(F)cc1. The zero-order chi connectivity index (χ0) is 18.4. The number of nitrogens with zero attached hydrogens (tertiary/aromatic N) is 1. The normalized spacial score (nSPS) is 17.6. The fourth-order valence-corrected chi connectivity index (χ4v) is 3.89. The van der Waals surface area contributed by atoms with E-state index in [0.717, 1.165) is 41.0 Å². The average molecular weight is 421 g/mol. The molecule has 0 spiro atoms. The first-order valence-electron chi connectivity index (χ1n) is 9.26. The summed E-state index contributed by atoms with van der Waals surface area (Å²) in [6.07, 6.45) is 2.57. The molecule has 0 aromatic heterocycles. The molecule has 1 aliphatic rings. The van der Waals surface area contributed by atoms with Gasteiger partial charge in [0.2, 0.25) is 0 Å². The number of hydrogen-bond acceptors (Lipinski definition) is 3. The molecule has 3 nitrogen and oxygen atoms in total. The predicted octanol–water partition coefficient (Wildman–Crippen LogP) is 4.74. The van der Waals surface area contributed by atoms with Crippen LogP contribution in [-0.4, -0.2) is 30.6 Å². The van der Waals surface area contributed by atoms with Crippen LogP contribution in [0, 0.1) is 5.82 Å². The van der Waals surface area contributed by atoms with E-state index in [4.69, 9.17) is 4.74 Å². The molecule has 1 atom stereocenters. The van der Waals surface area contributed by atoms with Crippen LogP contribution in [0.2, 0.25) is 0 Å². The van der Waals surface area contributed by atoms with E-state index in [2.05, 4.69) is 39.1 Å². The van der Waals surface area contributed by atoms with Gasteiger partial charge in [-0.15, -0.1) is 0 Å². The largest absolute Gasteiger partial charge is 0.489 e. The number of ether oxygens (including phenoxy) is 1. The highest BCUT2D eigenvalue weighted by Gasteiger charge is 2.22. The summed E-state index contributed by atoms with van der Waals surface area (Å²) in [5.74, 6) is 0.638. The van der Waals surface area contributed by atoms with Gasteiger partial charge in [-0.3, -0.25) is 4.90 Å². The minimum absolute atomic E-state index is 0.227. The van der Waals surface area contributed by atoms with Gasteiger partial charge in [0.15, 0.2) is 0 Å². The Kier molecular flexibility index (Phi) is 7.06. The maximum absolute atomic E-state index is 13.0. The molecule has 140 valence electrons. The first kappa shape index (κ1) is 19.3. The van der Waals surface area contributed by atoms with Crippen molar-refractivity contribution in [1.29, 1.82) is 0 Å². The van der Waals surface area contributed by atoms with E-state index >= 15 is 0 Å². The third kappa shape index (κ3) is 5.29. The zero-order valence-electron chi connectivity index (χ0n) is 15.2. The van der Waals surface area contributed by atoms with E-state index in [1.807, 2.05) is 12.1 Å². The van der Waals surface area contributed by atoms with E-state index in [0.29, 0.717) is 12.6 Å². The van der Waals surface area contributed by atoms with Gasteiger partial charge in [0, 0.05) is 29.2 Å². The maximum atomic E-state index is 13.0. The third-order valence-corrected chi connectivity index (χ3v) is 5.42. The average Bonchev–Trinajstić information content (AvgIpc) is 3.10. The van der Waals surface area contributed by atoms with Crippen molar-refractivity contribution in [3.8, 4) is 5.75 Å². The molecule has 0 unspecified atom stereocenters. The maximum Gasteiger partial charge on any atom is 0.124 e. The highest BCUT2D eigenvalue weighted by atomic mass is 79.9. The smallest absolute Gasteiger partial charge is 0.124 e. The fraction of sp³-hybridized carbons (Fsp3) is 0.429. The molecule has 1 saturated heterocycles. The second kappa shape index (κ2) is 9.49. The Hall–Kier alpha value is -1.43. The zero-order valence-corrected chi connectivity index (χ0v) is 16.8. The number of hydrogen-bond donors (Lipinski definition) is 1. The van der Waals surface area contributed by atoms with Crippen LogP contribution in [0.25, 0.3) is 0 Å². The molecule has 1 aliphatic heterocycles. The lowest BCUT2D eigenvalue weighted by atomic mass is 10.1. The predicted molar refractivity (Wildman–Crippen MR) is 107 cm³/mol. The summed E-state index contributed by atoms with van der Waals surface area (Å²) >= 11 is 3.55. The number of benzene rings is 2. The van der Waals surface area contributed by atoms with Crippen LogP contribution in [0.5, 0.6) is 5.75 Å². The van der Waals surface area contributed by atoms with Crippen LogP contribution >= 0.6 is 15.9 Å². The van der Waals surface area contributed by atoms with E-state index in [1.54, 1.807) is 12.1 Å². The van der Waals surface area contributed by atoms with E-state index in [1.165, 1.54) is 31.5 Å². The molecule has 0 saturated carbocycles. The van der Waals surface area contributed by atoms with Gasteiger partial charge in [0.05, 0.1) is 0 Å². The molecule has 1 heterocycles. The highest BCUT2D eigenvalue weighted by Crippen LogP contribution is 2.24. The molecule has 0 radical (unpaired) electrons. The van der Waals surface area contributed by atoms with Gasteiger partial charge in [-0.1, -0.05) is 35.0 Å². The van der Waals surface area contributed by atoms with E-state index < -0.39 is 0 Å². The van der Waals surface area contributed by atoms with Crippen molar-refractivity contribution in [3.05, 3.63) is 63.9 Å². The number of halogens is 2. The summed E-state index contributed by atoms with van der Waals surface area (Å²) in [7, 11) is 0. The second-order valence-electron chi connectivity index (χ2n) is 6.72. The van der Waals surface area contributed by atoms with Gasteiger partial charge >= 0.3 is 0 Å². The van der Waals surface area contributed by atoms with Gasteiger partial charge in [-0.2, -0.15) is 0 Å². The number of nitrogens with one attached hydrogen (secondary N) is 1. The Labute approximate surface area is 163 Å². The molecule has 5 heteroatoms. The molecule has 1 fully saturated rings. The van der Waals surface area contributed by atoms with Crippen molar-refractivity contribution in [3.63, 3.8) is 0 Å². The summed E-state index contributed by atoms with van der Waals surface area (Å²) in [6, 6.07) is 13.1. The first-order chi connectivity index (χ1) is 12.7. The van der Waals surface area contributed by atoms with Crippen molar-refractivity contribution in [2.24, 2.45) is 0 Å². The Morgan fingerprint density at radius 1 is 1.23 bits per heavy atom. The monoisotopic (exact) mass is 420 g/mol. The molecule has 0 bridgehead atoms. The van der Waals surface area contributed by atoms with Crippen LogP contribution in [0.15, 0.2) is 46.9 Å². The molecule has 26 heavy (non-hydrogen) atoms. The quantitative estimate of drug-likeness (QED) is 0.667. The van der Waals surface area contributed by atoms with Crippen LogP contribution < -0.4 is 10.1 Å². The van der Waals surface area contributed by atoms with Gasteiger partial charge in [-0.25, -0.2) is 4.39 Å². The van der Waals surface area contributed by atoms with Crippen molar-refractivity contribution < 1.29 is 9.13 Å². The topological polar surface area (TPSA) is 24.5 Å². The van der Waals surface area contributed by atoms with E-state index in [9.17, 15) is 4.39 Å². The fourth-order valence-electron chi connectivity index (χ4n) is 3.48. The Morgan fingerprint density at radius 3 is 2.81 bits per heavy atom. The lowest BCUT2D eigenvalue weighted by molar-refractivity contribution is 0.259. The van der Waals surface area contributed by atoms with Gasteiger partial charge in [0.1, 0.15) is 18.2 Å². The van der Waals surface area contributed by atoms with Crippen LogP contribution in [0.1, 0.15) is 30.9 Å². The molecular formula is C21H26BrFN2O. The standard InChI is InChI=1S/C21H26BrFN2O/c1-2-25-11-3-4-20(25)14-24-13-17-12-18(22)7-10-21(17)26-15-16-5-8-19(23)9-6-16/h5-10,12,20,24H,2-4,11,13-15H2,1H3/t20-/m1/s1. The summed E-state index contributed by atoms with van der Waals surface area (Å²) in [6.45, 7) is 6.76. The van der Waals surface area contributed by atoms with Crippen molar-refractivity contribution in [1.82, 2.24) is 10.2 Å². The molecule has 1 N–H and O–H groups in total. The minimum Gasteiger partial charge on any atom is -0.489 e. The molecule has 2 aromatic rings.